The van der Waals surface area contributed by atoms with Gasteiger partial charge in [-0.15, -0.1) is 0 Å². The number of hydrogen-bond donors (Lipinski definition) is 2. The zero-order chi connectivity index (χ0) is 20.3. The van der Waals surface area contributed by atoms with Crippen LogP contribution in [0.15, 0.2) is 36.5 Å². The Labute approximate surface area is 171 Å². The third kappa shape index (κ3) is 3.03. The molecule has 1 aromatic heterocycles. The molecule has 4 bridgehead atoms. The minimum Gasteiger partial charge on any atom is -0.390 e. The fraction of sp³-hybridized carbons (Fsp3) is 0.500. The van der Waals surface area contributed by atoms with Gasteiger partial charge in [-0.1, -0.05) is 30.3 Å². The first-order valence-corrected chi connectivity index (χ1v) is 10.6. The molecule has 2 aromatic rings. The summed E-state index contributed by atoms with van der Waals surface area (Å²) in [7, 11) is 1.82. The van der Waals surface area contributed by atoms with E-state index in [4.69, 9.17) is 0 Å². The van der Waals surface area contributed by atoms with Crippen molar-refractivity contribution in [2.24, 2.45) is 24.8 Å². The van der Waals surface area contributed by atoms with E-state index in [9.17, 15) is 14.7 Å². The molecular weight excluding hydrogens is 364 g/mol. The van der Waals surface area contributed by atoms with E-state index >= 15 is 0 Å². The Morgan fingerprint density at radius 1 is 1.10 bits per heavy atom. The minimum atomic E-state index is -0.519. The highest BCUT2D eigenvalue weighted by Crippen LogP contribution is 2.55. The van der Waals surface area contributed by atoms with Crippen LogP contribution in [0.25, 0.3) is 0 Å². The number of aliphatic hydroxyl groups is 1. The van der Waals surface area contributed by atoms with Crippen LogP contribution in [-0.2, 0) is 7.05 Å². The van der Waals surface area contributed by atoms with E-state index < -0.39 is 5.60 Å². The number of hydrogen-bond acceptors (Lipinski definition) is 3. The summed E-state index contributed by atoms with van der Waals surface area (Å²) in [5.41, 5.74) is 1.79. The Balaban J connectivity index is 1.43. The van der Waals surface area contributed by atoms with Gasteiger partial charge in [0.1, 0.15) is 5.69 Å². The number of aromatic nitrogens is 1. The summed E-state index contributed by atoms with van der Waals surface area (Å²) in [6.07, 6.45) is 6.53. The molecule has 4 aliphatic carbocycles. The van der Waals surface area contributed by atoms with Crippen LogP contribution < -0.4 is 5.32 Å². The van der Waals surface area contributed by atoms with Crippen LogP contribution in [0.4, 0.5) is 0 Å². The van der Waals surface area contributed by atoms with Crippen LogP contribution in [0.2, 0.25) is 0 Å². The van der Waals surface area contributed by atoms with E-state index in [0.717, 1.165) is 37.7 Å². The molecule has 0 spiro atoms. The standard InChI is InChI=1S/C24H28N2O3/c1-14-13-26(2)21(22(27)16-6-4-3-5-7-16)19(14)23(28)25-20-17-8-15-9-18(20)12-24(29,10-15)11-17/h3-7,13,15,17-18,20,29H,8-12H2,1-2H3,(H,25,28). The zero-order valence-electron chi connectivity index (χ0n) is 17.0. The van der Waals surface area contributed by atoms with Crippen molar-refractivity contribution in [2.75, 3.05) is 0 Å². The van der Waals surface area contributed by atoms with E-state index in [1.165, 1.54) is 0 Å². The van der Waals surface area contributed by atoms with E-state index in [2.05, 4.69) is 5.32 Å². The average molecular weight is 392 g/mol. The number of carbonyl (C=O) groups excluding carboxylic acids is 2. The Bertz CT molecular complexity index is 962. The van der Waals surface area contributed by atoms with Gasteiger partial charge in [-0.2, -0.15) is 0 Å². The number of benzene rings is 1. The molecule has 4 saturated carbocycles. The van der Waals surface area contributed by atoms with Crippen molar-refractivity contribution in [3.05, 3.63) is 58.9 Å². The van der Waals surface area contributed by atoms with E-state index in [1.54, 1.807) is 16.7 Å². The monoisotopic (exact) mass is 392 g/mol. The van der Waals surface area contributed by atoms with Gasteiger partial charge in [0.2, 0.25) is 5.78 Å². The van der Waals surface area contributed by atoms with Gasteiger partial charge in [0.25, 0.3) is 5.91 Å². The van der Waals surface area contributed by atoms with Gasteiger partial charge in [-0.05, 0) is 62.3 Å². The summed E-state index contributed by atoms with van der Waals surface area (Å²) in [4.78, 5) is 26.5. The average Bonchev–Trinajstić information content (AvgIpc) is 2.97. The molecule has 5 heteroatoms. The summed E-state index contributed by atoms with van der Waals surface area (Å²) in [5, 5.41) is 14.1. The summed E-state index contributed by atoms with van der Waals surface area (Å²) in [5.74, 6) is 0.983. The quantitative estimate of drug-likeness (QED) is 0.785. The number of amides is 1. The maximum atomic E-state index is 13.4. The van der Waals surface area contributed by atoms with Crippen LogP contribution in [-0.4, -0.2) is 33.0 Å². The van der Waals surface area contributed by atoms with Crippen molar-refractivity contribution in [3.63, 3.8) is 0 Å². The molecule has 2 unspecified atom stereocenters. The largest absolute Gasteiger partial charge is 0.390 e. The number of rotatable bonds is 4. The van der Waals surface area contributed by atoms with E-state index in [0.29, 0.717) is 34.6 Å². The highest BCUT2D eigenvalue weighted by molar-refractivity contribution is 6.15. The lowest BCUT2D eigenvalue weighted by atomic mass is 9.52. The molecule has 0 saturated heterocycles. The summed E-state index contributed by atoms with van der Waals surface area (Å²) >= 11 is 0. The first-order valence-electron chi connectivity index (χ1n) is 10.6. The SMILES string of the molecule is Cc1cn(C)c(C(=O)c2ccccc2)c1C(=O)NC1C2CC3CC1CC(O)(C3)C2. The third-order valence-electron chi connectivity index (χ3n) is 7.39. The van der Waals surface area contributed by atoms with Crippen LogP contribution >= 0.6 is 0 Å². The van der Waals surface area contributed by atoms with Gasteiger partial charge >= 0.3 is 0 Å². The zero-order valence-corrected chi connectivity index (χ0v) is 17.0. The van der Waals surface area contributed by atoms with Crippen LogP contribution in [0.1, 0.15) is 64.1 Å². The molecule has 1 aromatic carbocycles. The lowest BCUT2D eigenvalue weighted by molar-refractivity contribution is -0.136. The fourth-order valence-corrected chi connectivity index (χ4v) is 6.51. The smallest absolute Gasteiger partial charge is 0.254 e. The van der Waals surface area contributed by atoms with Crippen molar-refractivity contribution in [3.8, 4) is 0 Å². The second kappa shape index (κ2) is 6.56. The lowest BCUT2D eigenvalue weighted by Gasteiger charge is -2.58. The molecule has 0 radical (unpaired) electrons. The van der Waals surface area contributed by atoms with Gasteiger partial charge in [-0.25, -0.2) is 0 Å². The molecule has 1 heterocycles. The molecule has 6 rings (SSSR count). The molecule has 2 atom stereocenters. The Hall–Kier alpha value is -2.40. The minimum absolute atomic E-state index is 0.0959. The number of ketones is 1. The van der Waals surface area contributed by atoms with Gasteiger partial charge < -0.3 is 15.0 Å². The molecule has 5 nitrogen and oxygen atoms in total. The van der Waals surface area contributed by atoms with E-state index in [1.807, 2.05) is 38.4 Å². The highest BCUT2D eigenvalue weighted by Gasteiger charge is 2.55. The van der Waals surface area contributed by atoms with Crippen LogP contribution in [0.3, 0.4) is 0 Å². The fourth-order valence-electron chi connectivity index (χ4n) is 6.51. The number of aryl methyl sites for hydroxylation is 2. The van der Waals surface area contributed by atoms with Crippen molar-refractivity contribution >= 4 is 11.7 Å². The van der Waals surface area contributed by atoms with Crippen molar-refractivity contribution < 1.29 is 14.7 Å². The Morgan fingerprint density at radius 3 is 2.38 bits per heavy atom. The molecule has 2 N–H and O–H groups in total. The van der Waals surface area contributed by atoms with Crippen molar-refractivity contribution in [2.45, 2.75) is 50.7 Å². The highest BCUT2D eigenvalue weighted by atomic mass is 16.3. The van der Waals surface area contributed by atoms with Crippen molar-refractivity contribution in [1.29, 1.82) is 0 Å². The summed E-state index contributed by atoms with van der Waals surface area (Å²) in [6.45, 7) is 1.89. The maximum Gasteiger partial charge on any atom is 0.254 e. The predicted octanol–water partition coefficient (Wildman–Crippen LogP) is 3.23. The first kappa shape index (κ1) is 18.6. The third-order valence-corrected chi connectivity index (χ3v) is 7.39. The van der Waals surface area contributed by atoms with Gasteiger partial charge in [0.05, 0.1) is 11.2 Å². The maximum absolute atomic E-state index is 13.4. The molecule has 1 amide bonds. The van der Waals surface area contributed by atoms with Gasteiger partial charge in [0.15, 0.2) is 0 Å². The topological polar surface area (TPSA) is 71.3 Å². The Morgan fingerprint density at radius 2 is 1.76 bits per heavy atom. The summed E-state index contributed by atoms with van der Waals surface area (Å²) < 4.78 is 1.76. The molecule has 0 aliphatic heterocycles. The van der Waals surface area contributed by atoms with Crippen LogP contribution in [0, 0.1) is 24.7 Å². The van der Waals surface area contributed by atoms with Gasteiger partial charge in [0, 0.05) is 24.8 Å². The molecule has 4 fully saturated rings. The Kier molecular flexibility index (Phi) is 4.21. The van der Waals surface area contributed by atoms with Crippen molar-refractivity contribution in [1.82, 2.24) is 9.88 Å². The number of nitrogens with one attached hydrogen (secondary N) is 1. The molecule has 4 aliphatic rings. The number of nitrogens with zero attached hydrogens (tertiary/aromatic N) is 1. The lowest BCUT2D eigenvalue weighted by Crippen LogP contribution is -2.61. The molecular formula is C24H28N2O3. The number of carbonyl (C=O) groups is 2. The normalized spacial score (nSPS) is 32.4. The predicted molar refractivity (Wildman–Crippen MR) is 110 cm³/mol. The molecule has 29 heavy (non-hydrogen) atoms. The molecule has 152 valence electrons. The first-order chi connectivity index (χ1) is 13.8. The second-order valence-electron chi connectivity index (χ2n) is 9.54. The van der Waals surface area contributed by atoms with Crippen LogP contribution in [0.5, 0.6) is 0 Å². The van der Waals surface area contributed by atoms with E-state index in [-0.39, 0.29) is 17.7 Å². The second-order valence-corrected chi connectivity index (χ2v) is 9.54. The van der Waals surface area contributed by atoms with Gasteiger partial charge in [-0.3, -0.25) is 9.59 Å². The summed E-state index contributed by atoms with van der Waals surface area (Å²) in [6, 6.07) is 9.21.